The lowest BCUT2D eigenvalue weighted by Gasteiger charge is -2.25. The van der Waals surface area contributed by atoms with E-state index in [0.29, 0.717) is 0 Å². The Bertz CT molecular complexity index is 2120. The maximum atomic E-state index is 4.12. The molecule has 0 nitrogen and oxygen atoms in total. The average molecular weight is 549 g/mol. The van der Waals surface area contributed by atoms with Crippen molar-refractivity contribution in [1.82, 2.24) is 0 Å². The summed E-state index contributed by atoms with van der Waals surface area (Å²) in [5.74, 6) is 0. The molecule has 0 aliphatic heterocycles. The van der Waals surface area contributed by atoms with Crippen molar-refractivity contribution >= 4 is 37.9 Å². The van der Waals surface area contributed by atoms with E-state index in [0.717, 1.165) is 5.57 Å². The molecular weight excluding hydrogens is 516 g/mol. The molecule has 204 valence electrons. The van der Waals surface area contributed by atoms with Crippen LogP contribution in [0.15, 0.2) is 170 Å². The van der Waals surface area contributed by atoms with Crippen molar-refractivity contribution in [3.63, 3.8) is 0 Å². The van der Waals surface area contributed by atoms with Crippen LogP contribution in [0.5, 0.6) is 0 Å². The monoisotopic (exact) mass is 548 g/mol. The summed E-state index contributed by atoms with van der Waals surface area (Å²) in [5.41, 5.74) is 9.77. The van der Waals surface area contributed by atoms with Gasteiger partial charge in [-0.15, -0.1) is 0 Å². The number of hydrogen-bond acceptors (Lipinski definition) is 0. The highest BCUT2D eigenvalue weighted by Crippen LogP contribution is 2.52. The molecule has 0 aliphatic rings. The molecule has 0 bridgehead atoms. The van der Waals surface area contributed by atoms with Crippen molar-refractivity contribution in [3.8, 4) is 33.4 Å². The second kappa shape index (κ2) is 11.4. The van der Waals surface area contributed by atoms with Crippen molar-refractivity contribution in [3.05, 3.63) is 176 Å². The number of fused-ring (bicyclic) bond motifs is 3. The van der Waals surface area contributed by atoms with E-state index in [9.17, 15) is 0 Å². The van der Waals surface area contributed by atoms with E-state index in [1.54, 1.807) is 0 Å². The third kappa shape index (κ3) is 4.49. The van der Waals surface area contributed by atoms with Crippen LogP contribution in [0.2, 0.25) is 0 Å². The Kier molecular flexibility index (Phi) is 7.03. The van der Waals surface area contributed by atoms with Crippen molar-refractivity contribution in [2.45, 2.75) is 6.92 Å². The molecule has 0 radical (unpaired) electrons. The van der Waals surface area contributed by atoms with Gasteiger partial charge in [0.25, 0.3) is 0 Å². The Morgan fingerprint density at radius 2 is 0.837 bits per heavy atom. The van der Waals surface area contributed by atoms with Crippen LogP contribution in [0.1, 0.15) is 12.5 Å². The second-order valence-corrected chi connectivity index (χ2v) is 10.8. The van der Waals surface area contributed by atoms with Crippen LogP contribution in [0, 0.1) is 0 Å². The van der Waals surface area contributed by atoms with Crippen LogP contribution in [0.4, 0.5) is 0 Å². The summed E-state index contributed by atoms with van der Waals surface area (Å²) in [6, 6.07) is 50.5. The molecule has 7 aromatic rings. The van der Waals surface area contributed by atoms with Crippen LogP contribution >= 0.6 is 0 Å². The summed E-state index contributed by atoms with van der Waals surface area (Å²) in [4.78, 5) is 0. The normalized spacial score (nSPS) is 12.0. The number of hydrogen-bond donors (Lipinski definition) is 0. The van der Waals surface area contributed by atoms with E-state index in [1.165, 1.54) is 71.3 Å². The van der Waals surface area contributed by atoms with Crippen LogP contribution in [-0.2, 0) is 0 Å². The first-order valence-corrected chi connectivity index (χ1v) is 14.9. The Balaban J connectivity index is 1.91. The Labute approximate surface area is 253 Å². The first-order chi connectivity index (χ1) is 21.3. The van der Waals surface area contributed by atoms with Crippen LogP contribution in [-0.4, -0.2) is 0 Å². The van der Waals surface area contributed by atoms with E-state index in [1.807, 2.05) is 6.08 Å². The van der Waals surface area contributed by atoms with Gasteiger partial charge in [-0.2, -0.15) is 0 Å². The zero-order valence-electron chi connectivity index (χ0n) is 24.3. The summed E-state index contributed by atoms with van der Waals surface area (Å²) in [6.07, 6.45) is 8.40. The predicted molar refractivity (Wildman–Crippen MR) is 188 cm³/mol. The van der Waals surface area contributed by atoms with Crippen molar-refractivity contribution < 1.29 is 0 Å². The molecular formula is C43H32. The third-order valence-corrected chi connectivity index (χ3v) is 8.30. The van der Waals surface area contributed by atoms with Gasteiger partial charge in [-0.3, -0.25) is 0 Å². The largest absolute Gasteiger partial charge is 0.0990 e. The van der Waals surface area contributed by atoms with Crippen molar-refractivity contribution in [2.75, 3.05) is 0 Å². The number of allylic oxidation sites excluding steroid dienone is 5. The molecule has 0 aromatic heterocycles. The van der Waals surface area contributed by atoms with Crippen LogP contribution in [0.25, 0.3) is 71.3 Å². The lowest BCUT2D eigenvalue weighted by Crippen LogP contribution is -1.99. The highest BCUT2D eigenvalue weighted by atomic mass is 14.3. The molecule has 0 unspecified atom stereocenters. The first-order valence-electron chi connectivity index (χ1n) is 14.9. The average Bonchev–Trinajstić information content (AvgIpc) is 3.07. The minimum Gasteiger partial charge on any atom is -0.0990 e. The fourth-order valence-corrected chi connectivity index (χ4v) is 6.67. The predicted octanol–water partition coefficient (Wildman–Crippen LogP) is 12.3. The zero-order chi connectivity index (χ0) is 29.2. The standard InChI is InChI=1S/C43H32/c1-3-18-30(19-4-2)38-34-26-14-15-27-35(34)40(32-22-10-6-11-23-32)43-41(33-24-12-7-13-25-33)37-29-17-16-28-36(37)39(42(38)43)31-20-8-5-9-21-31/h3-29H,1H2,2H3/b19-4-,30-18+. The summed E-state index contributed by atoms with van der Waals surface area (Å²) in [6.45, 7) is 6.20. The molecule has 0 heteroatoms. The molecule has 0 saturated heterocycles. The van der Waals surface area contributed by atoms with E-state index in [2.05, 4.69) is 171 Å². The minimum absolute atomic E-state index is 1.14. The van der Waals surface area contributed by atoms with Gasteiger partial charge in [0.05, 0.1) is 0 Å². The smallest absolute Gasteiger partial charge is 0.000139 e. The molecule has 7 aromatic carbocycles. The molecule has 0 amide bonds. The summed E-state index contributed by atoms with van der Waals surface area (Å²) in [5, 5.41) is 7.48. The maximum absolute atomic E-state index is 4.12. The van der Waals surface area contributed by atoms with E-state index in [4.69, 9.17) is 0 Å². The summed E-state index contributed by atoms with van der Waals surface area (Å²) >= 11 is 0. The Morgan fingerprint density at radius 3 is 1.26 bits per heavy atom. The Morgan fingerprint density at radius 1 is 0.465 bits per heavy atom. The van der Waals surface area contributed by atoms with Crippen LogP contribution < -0.4 is 0 Å². The molecule has 0 heterocycles. The second-order valence-electron chi connectivity index (χ2n) is 10.8. The zero-order valence-corrected chi connectivity index (χ0v) is 24.3. The van der Waals surface area contributed by atoms with Gasteiger partial charge in [0.1, 0.15) is 0 Å². The Hall–Kier alpha value is -5.46. The number of benzene rings is 7. The highest BCUT2D eigenvalue weighted by molar-refractivity contribution is 6.32. The lowest BCUT2D eigenvalue weighted by molar-refractivity contribution is 1.63. The minimum atomic E-state index is 1.14. The maximum Gasteiger partial charge on any atom is -0.000139 e. The molecule has 0 saturated carbocycles. The van der Waals surface area contributed by atoms with Gasteiger partial charge in [0.15, 0.2) is 0 Å². The quantitative estimate of drug-likeness (QED) is 0.143. The van der Waals surface area contributed by atoms with Gasteiger partial charge in [-0.1, -0.05) is 170 Å². The van der Waals surface area contributed by atoms with E-state index < -0.39 is 0 Å². The van der Waals surface area contributed by atoms with Gasteiger partial charge >= 0.3 is 0 Å². The molecule has 0 aliphatic carbocycles. The molecule has 0 atom stereocenters. The van der Waals surface area contributed by atoms with Gasteiger partial charge < -0.3 is 0 Å². The fourth-order valence-electron chi connectivity index (χ4n) is 6.67. The van der Waals surface area contributed by atoms with Crippen LogP contribution in [0.3, 0.4) is 0 Å². The fraction of sp³-hybridized carbons (Fsp3) is 0.0233. The van der Waals surface area contributed by atoms with Crippen molar-refractivity contribution in [2.24, 2.45) is 0 Å². The molecule has 0 N–H and O–H groups in total. The highest BCUT2D eigenvalue weighted by Gasteiger charge is 2.25. The first kappa shape index (κ1) is 26.4. The third-order valence-electron chi connectivity index (χ3n) is 8.30. The summed E-state index contributed by atoms with van der Waals surface area (Å²) < 4.78 is 0. The van der Waals surface area contributed by atoms with Gasteiger partial charge in [0, 0.05) is 0 Å². The molecule has 0 spiro atoms. The van der Waals surface area contributed by atoms with Crippen molar-refractivity contribution in [1.29, 1.82) is 0 Å². The molecule has 43 heavy (non-hydrogen) atoms. The SMILES string of the molecule is C=C/C=C(\C=C/C)c1c2ccccc2c(-c2ccccc2)c2c(-c3ccccc3)c3ccccc3c(-c3ccccc3)c12. The summed E-state index contributed by atoms with van der Waals surface area (Å²) in [7, 11) is 0. The van der Waals surface area contributed by atoms with E-state index in [-0.39, 0.29) is 0 Å². The van der Waals surface area contributed by atoms with Gasteiger partial charge in [-0.05, 0) is 83.8 Å². The lowest BCUT2D eigenvalue weighted by atomic mass is 9.77. The topological polar surface area (TPSA) is 0 Å². The van der Waals surface area contributed by atoms with Gasteiger partial charge in [-0.25, -0.2) is 0 Å². The number of rotatable bonds is 6. The molecule has 7 rings (SSSR count). The van der Waals surface area contributed by atoms with E-state index >= 15 is 0 Å². The molecule has 0 fully saturated rings. The van der Waals surface area contributed by atoms with Gasteiger partial charge in [0.2, 0.25) is 0 Å².